The van der Waals surface area contributed by atoms with Crippen LogP contribution in [-0.4, -0.2) is 47.4 Å². The van der Waals surface area contributed by atoms with Crippen LogP contribution in [0.1, 0.15) is 31.2 Å². The molecule has 7 nitrogen and oxygen atoms in total. The first-order valence-electron chi connectivity index (χ1n) is 11.2. The Hall–Kier alpha value is -3.35. The summed E-state index contributed by atoms with van der Waals surface area (Å²) in [5, 5.41) is 0. The molecule has 2 aromatic heterocycles. The Morgan fingerprint density at radius 2 is 1.73 bits per heavy atom. The minimum Gasteiger partial charge on any atom is -0.446 e. The molecule has 0 bridgehead atoms. The van der Waals surface area contributed by atoms with Crippen molar-refractivity contribution in [1.82, 2.24) is 14.5 Å². The first kappa shape index (κ1) is 26.7. The molecule has 198 valence electrons. The van der Waals surface area contributed by atoms with Crippen molar-refractivity contribution < 1.29 is 35.1 Å². The van der Waals surface area contributed by atoms with Crippen LogP contribution in [0.15, 0.2) is 52.4 Å². The van der Waals surface area contributed by atoms with E-state index in [1.807, 2.05) is 24.3 Å². The van der Waals surface area contributed by atoms with Gasteiger partial charge in [-0.1, -0.05) is 31.2 Å². The number of ether oxygens (including phenoxy) is 1. The van der Waals surface area contributed by atoms with Crippen molar-refractivity contribution >= 4 is 9.84 Å². The normalized spacial score (nSPS) is 15.1. The smallest absolute Gasteiger partial charge is 0.372 e. The number of benzene rings is 1. The lowest BCUT2D eigenvalue weighted by molar-refractivity contribution is -0.221. The Bertz CT molecular complexity index is 1470. The summed E-state index contributed by atoms with van der Waals surface area (Å²) in [6.45, 7) is 1.42. The topological polar surface area (TPSA) is 91.2 Å². The summed E-state index contributed by atoms with van der Waals surface area (Å²) in [7, 11) is -2.80. The molecule has 1 aromatic carbocycles. The Morgan fingerprint density at radius 3 is 2.30 bits per heavy atom. The summed E-state index contributed by atoms with van der Waals surface area (Å²) in [6, 6.07) is 9.04. The molecule has 1 unspecified atom stereocenters. The third kappa shape index (κ3) is 5.22. The van der Waals surface area contributed by atoms with E-state index in [1.54, 1.807) is 0 Å². The fraction of sp³-hybridized carbons (Fsp3) is 0.375. The van der Waals surface area contributed by atoms with Crippen LogP contribution in [0.3, 0.4) is 0 Å². The van der Waals surface area contributed by atoms with Gasteiger partial charge in [0.15, 0.2) is 15.7 Å². The van der Waals surface area contributed by atoms with Gasteiger partial charge in [0.2, 0.25) is 5.75 Å². The number of rotatable bonds is 9. The molecule has 4 rings (SSSR count). The summed E-state index contributed by atoms with van der Waals surface area (Å²) < 4.78 is 95.6. The lowest BCUT2D eigenvalue weighted by Crippen LogP contribution is -2.42. The Balaban J connectivity index is 1.75. The number of pyridine rings is 1. The quantitative estimate of drug-likeness (QED) is 0.362. The van der Waals surface area contributed by atoms with Gasteiger partial charge in [0, 0.05) is 18.8 Å². The highest BCUT2D eigenvalue weighted by Gasteiger charge is 2.52. The third-order valence-electron chi connectivity index (χ3n) is 6.03. The summed E-state index contributed by atoms with van der Waals surface area (Å²) in [5.41, 5.74) is 0.992. The highest BCUT2D eigenvalue weighted by molar-refractivity contribution is 7.91. The van der Waals surface area contributed by atoms with Crippen LogP contribution in [0.5, 0.6) is 5.75 Å². The Kier molecular flexibility index (Phi) is 7.10. The van der Waals surface area contributed by atoms with Gasteiger partial charge in [-0.25, -0.2) is 22.2 Å². The van der Waals surface area contributed by atoms with Gasteiger partial charge in [0.05, 0.1) is 16.8 Å². The van der Waals surface area contributed by atoms with Crippen molar-refractivity contribution in [3.63, 3.8) is 0 Å². The second-order valence-electron chi connectivity index (χ2n) is 8.59. The standard InChI is InChI=1S/C24H22F5N3O4S/c1-3-37(34,35)18-10-16(15-8-6-14(7-9-15)13-4-5-13)11-30-19(18)20-31-12-17(21(33)32(20)2)36-23(27)24(28,29)22(25)26/h6-13,22-23H,3-5H2,1-2H3. The molecule has 1 aliphatic carbocycles. The van der Waals surface area contributed by atoms with Crippen molar-refractivity contribution in [3.05, 3.63) is 58.6 Å². The zero-order chi connectivity index (χ0) is 27.1. The molecule has 0 amide bonds. The highest BCUT2D eigenvalue weighted by atomic mass is 32.2. The maximum absolute atomic E-state index is 13.7. The summed E-state index contributed by atoms with van der Waals surface area (Å²) >= 11 is 0. The fourth-order valence-electron chi connectivity index (χ4n) is 3.64. The molecule has 37 heavy (non-hydrogen) atoms. The van der Waals surface area contributed by atoms with E-state index in [2.05, 4.69) is 14.7 Å². The van der Waals surface area contributed by atoms with Crippen LogP contribution < -0.4 is 10.3 Å². The zero-order valence-electron chi connectivity index (χ0n) is 19.7. The molecule has 0 N–H and O–H groups in total. The van der Waals surface area contributed by atoms with Gasteiger partial charge in [0.1, 0.15) is 5.69 Å². The Labute approximate surface area is 208 Å². The number of nitrogens with zero attached hydrogens (tertiary/aromatic N) is 3. The van der Waals surface area contributed by atoms with Crippen molar-refractivity contribution in [2.24, 2.45) is 7.05 Å². The number of sulfone groups is 1. The molecule has 3 aromatic rings. The highest BCUT2D eigenvalue weighted by Crippen LogP contribution is 2.40. The number of hydrogen-bond donors (Lipinski definition) is 0. The molecule has 0 saturated heterocycles. The van der Waals surface area contributed by atoms with E-state index in [4.69, 9.17) is 0 Å². The lowest BCUT2D eigenvalue weighted by Gasteiger charge is -2.20. The Morgan fingerprint density at radius 1 is 1.08 bits per heavy atom. The van der Waals surface area contributed by atoms with Gasteiger partial charge in [-0.05, 0) is 36.0 Å². The zero-order valence-corrected chi connectivity index (χ0v) is 20.5. The second-order valence-corrected chi connectivity index (χ2v) is 10.8. The van der Waals surface area contributed by atoms with Crippen LogP contribution in [0.25, 0.3) is 22.6 Å². The van der Waals surface area contributed by atoms with Gasteiger partial charge < -0.3 is 4.74 Å². The first-order valence-corrected chi connectivity index (χ1v) is 12.9. The largest absolute Gasteiger partial charge is 0.446 e. The van der Waals surface area contributed by atoms with E-state index in [1.165, 1.54) is 24.8 Å². The van der Waals surface area contributed by atoms with Crippen molar-refractivity contribution in [2.75, 3.05) is 5.75 Å². The summed E-state index contributed by atoms with van der Waals surface area (Å²) in [5.74, 6) is -6.27. The molecule has 0 radical (unpaired) electrons. The number of hydrogen-bond acceptors (Lipinski definition) is 6. The van der Waals surface area contributed by atoms with E-state index in [9.17, 15) is 35.2 Å². The molecule has 1 aliphatic rings. The van der Waals surface area contributed by atoms with Gasteiger partial charge in [0.25, 0.3) is 5.56 Å². The van der Waals surface area contributed by atoms with E-state index in [0.29, 0.717) is 22.2 Å². The number of alkyl halides is 5. The first-order chi connectivity index (χ1) is 17.4. The minimum absolute atomic E-state index is 0.207. The molecule has 1 fully saturated rings. The maximum Gasteiger partial charge on any atom is 0.372 e. The predicted octanol–water partition coefficient (Wildman–Crippen LogP) is 4.76. The van der Waals surface area contributed by atoms with Crippen LogP contribution >= 0.6 is 0 Å². The molecule has 1 atom stereocenters. The van der Waals surface area contributed by atoms with Crippen LogP contribution in [-0.2, 0) is 16.9 Å². The summed E-state index contributed by atoms with van der Waals surface area (Å²) in [4.78, 5) is 20.5. The summed E-state index contributed by atoms with van der Waals surface area (Å²) in [6.07, 6.45) is -3.97. The lowest BCUT2D eigenvalue weighted by atomic mass is 10.0. The van der Waals surface area contributed by atoms with Crippen molar-refractivity contribution in [3.8, 4) is 28.4 Å². The van der Waals surface area contributed by atoms with Gasteiger partial charge in [-0.3, -0.25) is 14.3 Å². The minimum atomic E-state index is -5.17. The SMILES string of the molecule is CCS(=O)(=O)c1cc(-c2ccc(C3CC3)cc2)cnc1-c1ncc(OC(F)C(F)(F)C(F)F)c(=O)n1C. The maximum atomic E-state index is 13.7. The van der Waals surface area contributed by atoms with Crippen molar-refractivity contribution in [1.29, 1.82) is 0 Å². The van der Waals surface area contributed by atoms with Crippen LogP contribution in [0, 0.1) is 0 Å². The monoisotopic (exact) mass is 543 g/mol. The molecule has 0 spiro atoms. The van der Waals surface area contributed by atoms with E-state index in [0.717, 1.165) is 25.5 Å². The predicted molar refractivity (Wildman–Crippen MR) is 124 cm³/mol. The number of halogens is 5. The molecule has 2 heterocycles. The molecule has 13 heteroatoms. The van der Waals surface area contributed by atoms with Crippen LogP contribution in [0.4, 0.5) is 22.0 Å². The molecular weight excluding hydrogens is 521 g/mol. The van der Waals surface area contributed by atoms with Gasteiger partial charge >= 0.3 is 18.7 Å². The van der Waals surface area contributed by atoms with E-state index in [-0.39, 0.29) is 22.2 Å². The average Bonchev–Trinajstić information content (AvgIpc) is 3.72. The molecule has 1 saturated carbocycles. The van der Waals surface area contributed by atoms with Crippen LogP contribution in [0.2, 0.25) is 0 Å². The van der Waals surface area contributed by atoms with Crippen molar-refractivity contribution in [2.45, 2.75) is 49.3 Å². The van der Waals surface area contributed by atoms with Gasteiger partial charge in [-0.2, -0.15) is 13.2 Å². The number of aromatic nitrogens is 3. The van der Waals surface area contributed by atoms with E-state index >= 15 is 0 Å². The molecular formula is C24H22F5N3O4S. The second kappa shape index (κ2) is 9.84. The fourth-order valence-corrected chi connectivity index (χ4v) is 4.70. The van der Waals surface area contributed by atoms with Gasteiger partial charge in [-0.15, -0.1) is 0 Å². The molecule has 0 aliphatic heterocycles. The average molecular weight is 544 g/mol. The van der Waals surface area contributed by atoms with E-state index < -0.39 is 39.9 Å². The third-order valence-corrected chi connectivity index (χ3v) is 7.77.